The third-order valence-electron chi connectivity index (χ3n) is 4.65. The van der Waals surface area contributed by atoms with E-state index in [0.717, 1.165) is 11.8 Å². The number of hydrogen-bond acceptors (Lipinski definition) is 2. The van der Waals surface area contributed by atoms with Gasteiger partial charge in [0.25, 0.3) is 0 Å². The summed E-state index contributed by atoms with van der Waals surface area (Å²) in [6, 6.07) is 5.21. The van der Waals surface area contributed by atoms with Crippen LogP contribution in [0.5, 0.6) is 0 Å². The monoisotopic (exact) mass is 263 g/mol. The van der Waals surface area contributed by atoms with Gasteiger partial charge >= 0.3 is 0 Å². The third kappa shape index (κ3) is 2.14. The predicted octanol–water partition coefficient (Wildman–Crippen LogP) is 3.93. The molecule has 3 rings (SSSR count). The highest BCUT2D eigenvalue weighted by atomic mass is 35.5. The van der Waals surface area contributed by atoms with Gasteiger partial charge in [-0.05, 0) is 55.2 Å². The molecule has 2 nitrogen and oxygen atoms in total. The Morgan fingerprint density at radius 2 is 2.17 bits per heavy atom. The first-order valence-electron chi connectivity index (χ1n) is 6.71. The molecule has 0 saturated heterocycles. The van der Waals surface area contributed by atoms with Crippen molar-refractivity contribution in [2.75, 3.05) is 5.73 Å². The summed E-state index contributed by atoms with van der Waals surface area (Å²) in [7, 11) is 0. The van der Waals surface area contributed by atoms with E-state index < -0.39 is 0 Å². The molecular weight excluding hydrogens is 246 g/mol. The molecule has 0 amide bonds. The Morgan fingerprint density at radius 1 is 1.33 bits per heavy atom. The first kappa shape index (κ1) is 12.0. The van der Waals surface area contributed by atoms with Crippen molar-refractivity contribution in [2.24, 2.45) is 17.8 Å². The van der Waals surface area contributed by atoms with Crippen LogP contribution in [0, 0.1) is 17.8 Å². The Balaban J connectivity index is 1.69. The number of ketones is 1. The molecule has 18 heavy (non-hydrogen) atoms. The number of benzene rings is 1. The summed E-state index contributed by atoms with van der Waals surface area (Å²) in [6.07, 6.45) is 5.98. The molecule has 2 N–H and O–H groups in total. The highest BCUT2D eigenvalue weighted by molar-refractivity contribution is 6.33. The molecule has 0 spiro atoms. The summed E-state index contributed by atoms with van der Waals surface area (Å²) < 4.78 is 0. The van der Waals surface area contributed by atoms with Crippen molar-refractivity contribution in [3.63, 3.8) is 0 Å². The van der Waals surface area contributed by atoms with Crippen molar-refractivity contribution in [2.45, 2.75) is 32.1 Å². The van der Waals surface area contributed by atoms with Gasteiger partial charge < -0.3 is 5.73 Å². The highest BCUT2D eigenvalue weighted by Gasteiger charge is 2.40. The average molecular weight is 264 g/mol. The number of carbonyl (C=O) groups excluding carboxylic acids is 1. The van der Waals surface area contributed by atoms with Gasteiger partial charge in [0.05, 0.1) is 10.7 Å². The van der Waals surface area contributed by atoms with E-state index in [4.69, 9.17) is 17.3 Å². The molecule has 3 atom stereocenters. The highest BCUT2D eigenvalue weighted by Crippen LogP contribution is 2.49. The molecule has 1 aromatic rings. The van der Waals surface area contributed by atoms with E-state index in [1.54, 1.807) is 18.2 Å². The van der Waals surface area contributed by atoms with Crippen molar-refractivity contribution in [3.05, 3.63) is 28.8 Å². The summed E-state index contributed by atoms with van der Waals surface area (Å²) >= 11 is 5.87. The van der Waals surface area contributed by atoms with Crippen LogP contribution < -0.4 is 5.73 Å². The van der Waals surface area contributed by atoms with Crippen molar-refractivity contribution >= 4 is 23.1 Å². The van der Waals surface area contributed by atoms with Crippen LogP contribution in [0.3, 0.4) is 0 Å². The van der Waals surface area contributed by atoms with E-state index in [2.05, 4.69) is 0 Å². The second-order valence-electron chi connectivity index (χ2n) is 5.80. The van der Waals surface area contributed by atoms with Gasteiger partial charge in [-0.3, -0.25) is 4.79 Å². The van der Waals surface area contributed by atoms with Crippen molar-refractivity contribution in [3.8, 4) is 0 Å². The molecular formula is C15H18ClNO. The van der Waals surface area contributed by atoms with Crippen molar-refractivity contribution < 1.29 is 4.79 Å². The van der Waals surface area contributed by atoms with E-state index in [0.29, 0.717) is 28.6 Å². The number of rotatable bonds is 3. The quantitative estimate of drug-likeness (QED) is 0.663. The molecule has 0 radical (unpaired) electrons. The summed E-state index contributed by atoms with van der Waals surface area (Å²) in [5.74, 6) is 2.51. The summed E-state index contributed by atoms with van der Waals surface area (Å²) in [5, 5.41) is 0.520. The van der Waals surface area contributed by atoms with Crippen LogP contribution in [-0.2, 0) is 0 Å². The molecule has 0 aliphatic heterocycles. The lowest BCUT2D eigenvalue weighted by molar-refractivity contribution is 0.0944. The molecule has 2 saturated carbocycles. The maximum Gasteiger partial charge on any atom is 0.163 e. The molecule has 3 heteroatoms. The fraction of sp³-hybridized carbons (Fsp3) is 0.533. The zero-order chi connectivity index (χ0) is 12.7. The van der Waals surface area contributed by atoms with Crippen LogP contribution in [0.2, 0.25) is 5.02 Å². The Labute approximate surface area is 113 Å². The number of halogens is 1. The Kier molecular flexibility index (Phi) is 3.06. The molecule has 96 valence electrons. The Bertz CT molecular complexity index is 485. The molecule has 2 fully saturated rings. The van der Waals surface area contributed by atoms with E-state index in [1.165, 1.54) is 25.7 Å². The molecule has 2 bridgehead atoms. The molecule has 3 unspecified atom stereocenters. The minimum absolute atomic E-state index is 0.218. The number of anilines is 1. The smallest absolute Gasteiger partial charge is 0.163 e. The van der Waals surface area contributed by atoms with Crippen molar-refractivity contribution in [1.29, 1.82) is 0 Å². The first-order valence-corrected chi connectivity index (χ1v) is 7.09. The summed E-state index contributed by atoms with van der Waals surface area (Å²) in [5.41, 5.74) is 6.95. The largest absolute Gasteiger partial charge is 0.398 e. The summed E-state index contributed by atoms with van der Waals surface area (Å²) in [6.45, 7) is 0. The molecule has 0 aromatic heterocycles. The van der Waals surface area contributed by atoms with Gasteiger partial charge in [-0.25, -0.2) is 0 Å². The van der Waals surface area contributed by atoms with E-state index in [1.807, 2.05) is 0 Å². The lowest BCUT2D eigenvalue weighted by atomic mass is 9.84. The molecule has 2 aliphatic carbocycles. The van der Waals surface area contributed by atoms with Gasteiger partial charge in [0.15, 0.2) is 5.78 Å². The van der Waals surface area contributed by atoms with Crippen LogP contribution in [0.25, 0.3) is 0 Å². The van der Waals surface area contributed by atoms with Crippen LogP contribution >= 0.6 is 11.6 Å². The van der Waals surface area contributed by atoms with E-state index in [-0.39, 0.29) is 5.78 Å². The van der Waals surface area contributed by atoms with Gasteiger partial charge in [0, 0.05) is 12.0 Å². The molecule has 2 aliphatic rings. The number of carbonyl (C=O) groups is 1. The summed E-state index contributed by atoms with van der Waals surface area (Å²) in [4.78, 5) is 12.2. The maximum absolute atomic E-state index is 12.2. The standard InChI is InChI=1S/C15H18ClNO/c16-13-4-3-11(7-14(13)17)15(18)8-12-6-9-1-2-10(12)5-9/h3-4,7,9-10,12H,1-2,5-6,8,17H2. The lowest BCUT2D eigenvalue weighted by Gasteiger charge is -2.20. The van der Waals surface area contributed by atoms with Gasteiger partial charge in [-0.1, -0.05) is 18.0 Å². The van der Waals surface area contributed by atoms with Gasteiger partial charge in [0.1, 0.15) is 0 Å². The second-order valence-corrected chi connectivity index (χ2v) is 6.21. The lowest BCUT2D eigenvalue weighted by Crippen LogP contribution is -2.15. The number of nitrogens with two attached hydrogens (primary N) is 1. The van der Waals surface area contributed by atoms with Gasteiger partial charge in [-0.15, -0.1) is 0 Å². The minimum Gasteiger partial charge on any atom is -0.398 e. The van der Waals surface area contributed by atoms with Crippen LogP contribution in [-0.4, -0.2) is 5.78 Å². The number of fused-ring (bicyclic) bond motifs is 2. The third-order valence-corrected chi connectivity index (χ3v) is 4.99. The topological polar surface area (TPSA) is 43.1 Å². The first-order chi connectivity index (χ1) is 8.63. The fourth-order valence-electron chi connectivity index (χ4n) is 3.70. The Hall–Kier alpha value is -1.02. The molecule has 1 aromatic carbocycles. The van der Waals surface area contributed by atoms with Crippen LogP contribution in [0.4, 0.5) is 5.69 Å². The van der Waals surface area contributed by atoms with Gasteiger partial charge in [0.2, 0.25) is 0 Å². The van der Waals surface area contributed by atoms with Crippen molar-refractivity contribution in [1.82, 2.24) is 0 Å². The van der Waals surface area contributed by atoms with E-state index in [9.17, 15) is 4.79 Å². The fourth-order valence-corrected chi connectivity index (χ4v) is 3.82. The zero-order valence-electron chi connectivity index (χ0n) is 10.4. The average Bonchev–Trinajstić information content (AvgIpc) is 2.94. The SMILES string of the molecule is Nc1cc(C(=O)CC2CC3CCC2C3)ccc1Cl. The van der Waals surface area contributed by atoms with Crippen LogP contribution in [0.15, 0.2) is 18.2 Å². The normalized spacial score (nSPS) is 29.7. The molecule has 0 heterocycles. The predicted molar refractivity (Wildman–Crippen MR) is 73.7 cm³/mol. The second kappa shape index (κ2) is 4.58. The zero-order valence-corrected chi connectivity index (χ0v) is 11.1. The number of hydrogen-bond donors (Lipinski definition) is 1. The Morgan fingerprint density at radius 3 is 2.78 bits per heavy atom. The van der Waals surface area contributed by atoms with Gasteiger partial charge in [-0.2, -0.15) is 0 Å². The minimum atomic E-state index is 0.218. The maximum atomic E-state index is 12.2. The number of Topliss-reactive ketones (excluding diaryl/α,β-unsaturated/α-hetero) is 1. The van der Waals surface area contributed by atoms with Crippen LogP contribution in [0.1, 0.15) is 42.5 Å². The van der Waals surface area contributed by atoms with E-state index >= 15 is 0 Å². The number of nitrogen functional groups attached to an aromatic ring is 1.